The number of carbonyl (C=O) groups excluding carboxylic acids is 1. The van der Waals surface area contributed by atoms with Gasteiger partial charge in [0.1, 0.15) is 6.54 Å². The van der Waals surface area contributed by atoms with Gasteiger partial charge in [0.05, 0.1) is 16.4 Å². The fraction of sp³-hybridized carbons (Fsp3) is 0.0588. The SMILES string of the molecule is O=C(Cn1nc(-c2ccncc2)ccc1=O)Nc1ccc(Cl)cc1Cl. The van der Waals surface area contributed by atoms with Gasteiger partial charge in [-0.15, -0.1) is 0 Å². The monoisotopic (exact) mass is 374 g/mol. The van der Waals surface area contributed by atoms with E-state index >= 15 is 0 Å². The zero-order valence-corrected chi connectivity index (χ0v) is 14.3. The summed E-state index contributed by atoms with van der Waals surface area (Å²) < 4.78 is 1.09. The predicted molar refractivity (Wildman–Crippen MR) is 96.8 cm³/mol. The molecule has 2 heterocycles. The molecule has 0 aliphatic rings. The van der Waals surface area contributed by atoms with Gasteiger partial charge in [0.15, 0.2) is 0 Å². The number of nitrogens with one attached hydrogen (secondary N) is 1. The van der Waals surface area contributed by atoms with Crippen LogP contribution in [0.15, 0.2) is 59.7 Å². The smallest absolute Gasteiger partial charge is 0.267 e. The molecular weight excluding hydrogens is 363 g/mol. The summed E-state index contributed by atoms with van der Waals surface area (Å²) in [6, 6.07) is 11.2. The first kappa shape index (κ1) is 17.1. The molecule has 3 aromatic rings. The Bertz CT molecular complexity index is 974. The Kier molecular flexibility index (Phi) is 5.11. The number of hydrogen-bond acceptors (Lipinski definition) is 4. The second-order valence-corrected chi connectivity index (χ2v) is 5.97. The standard InChI is InChI=1S/C17H12Cl2N4O2/c18-12-1-2-15(13(19)9-12)21-16(24)10-23-17(25)4-3-14(22-23)11-5-7-20-8-6-11/h1-9H,10H2,(H,21,24). The molecule has 6 nitrogen and oxygen atoms in total. The molecule has 1 aromatic carbocycles. The minimum absolute atomic E-state index is 0.239. The van der Waals surface area contributed by atoms with Crippen LogP contribution in [-0.2, 0) is 11.3 Å². The largest absolute Gasteiger partial charge is 0.323 e. The molecule has 8 heteroatoms. The molecule has 0 bridgehead atoms. The summed E-state index contributed by atoms with van der Waals surface area (Å²) >= 11 is 11.8. The second-order valence-electron chi connectivity index (χ2n) is 5.12. The number of halogens is 2. The van der Waals surface area contributed by atoms with Gasteiger partial charge in [-0.3, -0.25) is 14.6 Å². The fourth-order valence-electron chi connectivity index (χ4n) is 2.16. The molecule has 2 aromatic heterocycles. The molecule has 0 fully saturated rings. The van der Waals surface area contributed by atoms with Gasteiger partial charge < -0.3 is 5.32 Å². The van der Waals surface area contributed by atoms with Gasteiger partial charge in [-0.1, -0.05) is 23.2 Å². The Labute approximate surface area is 153 Å². The van der Waals surface area contributed by atoms with Crippen molar-refractivity contribution in [2.75, 3.05) is 5.32 Å². The van der Waals surface area contributed by atoms with E-state index in [0.717, 1.165) is 10.2 Å². The Morgan fingerprint density at radius 2 is 1.84 bits per heavy atom. The van der Waals surface area contributed by atoms with Crippen molar-refractivity contribution in [3.05, 3.63) is 75.3 Å². The maximum atomic E-state index is 12.2. The molecule has 0 atom stereocenters. The molecule has 25 heavy (non-hydrogen) atoms. The molecule has 0 aliphatic heterocycles. The van der Waals surface area contributed by atoms with Crippen LogP contribution < -0.4 is 10.9 Å². The van der Waals surface area contributed by atoms with Gasteiger partial charge in [-0.05, 0) is 36.4 Å². The van der Waals surface area contributed by atoms with E-state index in [2.05, 4.69) is 15.4 Å². The lowest BCUT2D eigenvalue weighted by atomic mass is 10.2. The molecule has 1 N–H and O–H groups in total. The number of anilines is 1. The van der Waals surface area contributed by atoms with Crippen LogP contribution in [0.1, 0.15) is 0 Å². The molecule has 0 radical (unpaired) electrons. The molecule has 1 amide bonds. The van der Waals surface area contributed by atoms with Crippen LogP contribution >= 0.6 is 23.2 Å². The normalized spacial score (nSPS) is 10.5. The molecular formula is C17H12Cl2N4O2. The lowest BCUT2D eigenvalue weighted by Crippen LogP contribution is -2.29. The van der Waals surface area contributed by atoms with Gasteiger partial charge in [0.25, 0.3) is 5.56 Å². The van der Waals surface area contributed by atoms with E-state index in [1.807, 2.05) is 0 Å². The summed E-state index contributed by atoms with van der Waals surface area (Å²) in [6.07, 6.45) is 3.25. The molecule has 0 unspecified atom stereocenters. The highest BCUT2D eigenvalue weighted by atomic mass is 35.5. The summed E-state index contributed by atoms with van der Waals surface area (Å²) in [4.78, 5) is 28.1. The summed E-state index contributed by atoms with van der Waals surface area (Å²) in [7, 11) is 0. The quantitative estimate of drug-likeness (QED) is 0.760. The Morgan fingerprint density at radius 1 is 1.08 bits per heavy atom. The molecule has 0 aliphatic carbocycles. The first-order valence-corrected chi connectivity index (χ1v) is 8.02. The van der Waals surface area contributed by atoms with Crippen molar-refractivity contribution in [3.8, 4) is 11.3 Å². The van der Waals surface area contributed by atoms with Crippen molar-refractivity contribution in [2.24, 2.45) is 0 Å². The van der Waals surface area contributed by atoms with Crippen molar-refractivity contribution in [2.45, 2.75) is 6.54 Å². The average Bonchev–Trinajstić information content (AvgIpc) is 2.60. The third kappa shape index (κ3) is 4.23. The topological polar surface area (TPSA) is 76.9 Å². The summed E-state index contributed by atoms with van der Waals surface area (Å²) in [6.45, 7) is -0.239. The van der Waals surface area contributed by atoms with E-state index < -0.39 is 5.91 Å². The lowest BCUT2D eigenvalue weighted by molar-refractivity contribution is -0.117. The van der Waals surface area contributed by atoms with Crippen LogP contribution in [0.4, 0.5) is 5.69 Å². The van der Waals surface area contributed by atoms with Crippen molar-refractivity contribution in [1.82, 2.24) is 14.8 Å². The number of hydrogen-bond donors (Lipinski definition) is 1. The van der Waals surface area contributed by atoms with E-state index in [1.54, 1.807) is 42.7 Å². The maximum Gasteiger partial charge on any atom is 0.267 e. The summed E-state index contributed by atoms with van der Waals surface area (Å²) in [5.74, 6) is -0.425. The van der Waals surface area contributed by atoms with E-state index in [1.165, 1.54) is 12.1 Å². The van der Waals surface area contributed by atoms with Crippen LogP contribution in [-0.4, -0.2) is 20.7 Å². The number of nitrogens with zero attached hydrogens (tertiary/aromatic N) is 3. The number of carbonyl (C=O) groups is 1. The number of benzene rings is 1. The molecule has 126 valence electrons. The van der Waals surface area contributed by atoms with Gasteiger partial charge in [-0.2, -0.15) is 5.10 Å². The number of rotatable bonds is 4. The van der Waals surface area contributed by atoms with Crippen LogP contribution in [0, 0.1) is 0 Å². The first-order valence-electron chi connectivity index (χ1n) is 7.26. The van der Waals surface area contributed by atoms with Crippen molar-refractivity contribution < 1.29 is 4.79 Å². The van der Waals surface area contributed by atoms with Crippen molar-refractivity contribution in [3.63, 3.8) is 0 Å². The van der Waals surface area contributed by atoms with Gasteiger partial charge in [-0.25, -0.2) is 4.68 Å². The van der Waals surface area contributed by atoms with E-state index in [9.17, 15) is 9.59 Å². The molecule has 3 rings (SSSR count). The Morgan fingerprint density at radius 3 is 2.56 bits per heavy atom. The van der Waals surface area contributed by atoms with Crippen LogP contribution in [0.25, 0.3) is 11.3 Å². The third-order valence-corrected chi connectivity index (χ3v) is 3.89. The van der Waals surface area contributed by atoms with Crippen LogP contribution in [0.5, 0.6) is 0 Å². The molecule has 0 spiro atoms. The summed E-state index contributed by atoms with van der Waals surface area (Å²) in [5, 5.41) is 7.63. The molecule has 0 saturated carbocycles. The predicted octanol–water partition coefficient (Wildman–Crippen LogP) is 3.25. The van der Waals surface area contributed by atoms with Gasteiger partial charge >= 0.3 is 0 Å². The highest BCUT2D eigenvalue weighted by molar-refractivity contribution is 6.36. The van der Waals surface area contributed by atoms with E-state index in [0.29, 0.717) is 21.4 Å². The fourth-order valence-corrected chi connectivity index (χ4v) is 2.61. The molecule has 0 saturated heterocycles. The summed E-state index contributed by atoms with van der Waals surface area (Å²) in [5.41, 5.74) is 1.40. The highest BCUT2D eigenvalue weighted by Crippen LogP contribution is 2.25. The lowest BCUT2D eigenvalue weighted by Gasteiger charge is -2.09. The third-order valence-electron chi connectivity index (χ3n) is 3.34. The van der Waals surface area contributed by atoms with Crippen molar-refractivity contribution in [1.29, 1.82) is 0 Å². The maximum absolute atomic E-state index is 12.2. The number of amides is 1. The number of pyridine rings is 1. The van der Waals surface area contributed by atoms with Crippen LogP contribution in [0.3, 0.4) is 0 Å². The van der Waals surface area contributed by atoms with Crippen LogP contribution in [0.2, 0.25) is 10.0 Å². The number of aromatic nitrogens is 3. The Balaban J connectivity index is 1.80. The minimum atomic E-state index is -0.425. The van der Waals surface area contributed by atoms with Gasteiger partial charge in [0.2, 0.25) is 5.91 Å². The first-order chi connectivity index (χ1) is 12.0. The minimum Gasteiger partial charge on any atom is -0.323 e. The second kappa shape index (κ2) is 7.46. The zero-order chi connectivity index (χ0) is 17.8. The van der Waals surface area contributed by atoms with Gasteiger partial charge in [0, 0.05) is 29.0 Å². The van der Waals surface area contributed by atoms with E-state index in [-0.39, 0.29) is 12.1 Å². The Hall–Kier alpha value is -2.70. The van der Waals surface area contributed by atoms with E-state index in [4.69, 9.17) is 23.2 Å². The zero-order valence-electron chi connectivity index (χ0n) is 12.8. The highest BCUT2D eigenvalue weighted by Gasteiger charge is 2.10. The average molecular weight is 375 g/mol. The van der Waals surface area contributed by atoms with Crippen molar-refractivity contribution >= 4 is 34.8 Å².